The molecule has 43 heavy (non-hydrogen) atoms. The summed E-state index contributed by atoms with van der Waals surface area (Å²) in [5.74, 6) is 0.347. The largest absolute Gasteiger partial charge is 0.586 e. The summed E-state index contributed by atoms with van der Waals surface area (Å²) >= 11 is 0. The highest BCUT2D eigenvalue weighted by atomic mass is 19.3. The van der Waals surface area contributed by atoms with Crippen LogP contribution in [0.25, 0.3) is 0 Å². The number of aliphatic hydroxyl groups excluding tert-OH is 1. The second-order valence-electron chi connectivity index (χ2n) is 10.7. The molecule has 1 aliphatic carbocycles. The number of hydrogen-bond acceptors (Lipinski definition) is 8. The molecule has 3 aromatic carbocycles. The minimum atomic E-state index is -3.76. The monoisotopic (exact) mass is 596 g/mol. The van der Waals surface area contributed by atoms with Crippen LogP contribution in [-0.2, 0) is 15.0 Å². The van der Waals surface area contributed by atoms with Crippen LogP contribution < -0.4 is 34.3 Å². The second kappa shape index (κ2) is 10.9. The highest BCUT2D eigenvalue weighted by Gasteiger charge is 2.53. The van der Waals surface area contributed by atoms with Crippen LogP contribution in [0.1, 0.15) is 48.0 Å². The molecule has 2 heterocycles. The van der Waals surface area contributed by atoms with Crippen molar-refractivity contribution in [3.8, 4) is 28.7 Å². The molecule has 12 heteroatoms. The van der Waals surface area contributed by atoms with Crippen molar-refractivity contribution in [2.45, 2.75) is 49.2 Å². The van der Waals surface area contributed by atoms with Crippen LogP contribution in [0.3, 0.4) is 0 Å². The van der Waals surface area contributed by atoms with Gasteiger partial charge < -0.3 is 39.4 Å². The van der Waals surface area contributed by atoms with E-state index in [1.54, 1.807) is 48.5 Å². The number of methoxy groups -OCH3 is 2. The number of fused-ring (bicyclic) bond motifs is 2. The molecule has 2 amide bonds. The van der Waals surface area contributed by atoms with Crippen molar-refractivity contribution in [1.82, 2.24) is 10.6 Å². The average molecular weight is 597 g/mol. The Morgan fingerprint density at radius 2 is 1.77 bits per heavy atom. The average Bonchev–Trinajstić information content (AvgIpc) is 3.76. The van der Waals surface area contributed by atoms with Crippen LogP contribution in [0.5, 0.6) is 28.7 Å². The molecular formula is C31H30F2N2O8. The molecule has 2 aliphatic heterocycles. The zero-order valence-corrected chi connectivity index (χ0v) is 23.4. The van der Waals surface area contributed by atoms with Gasteiger partial charge >= 0.3 is 6.29 Å². The van der Waals surface area contributed by atoms with Crippen LogP contribution in [0, 0.1) is 0 Å². The number of hydrogen-bond donors (Lipinski definition) is 3. The van der Waals surface area contributed by atoms with E-state index in [1.807, 2.05) is 0 Å². The Balaban J connectivity index is 1.24. The van der Waals surface area contributed by atoms with E-state index in [4.69, 9.17) is 14.2 Å². The van der Waals surface area contributed by atoms with Crippen LogP contribution in [0.2, 0.25) is 0 Å². The van der Waals surface area contributed by atoms with Gasteiger partial charge in [-0.15, -0.1) is 8.78 Å². The maximum absolute atomic E-state index is 13.8. The van der Waals surface area contributed by atoms with Crippen molar-refractivity contribution in [2.75, 3.05) is 20.8 Å². The van der Waals surface area contributed by atoms with E-state index in [0.29, 0.717) is 46.8 Å². The number of benzene rings is 3. The summed E-state index contributed by atoms with van der Waals surface area (Å²) in [6.45, 7) is -0.382. The first-order valence-corrected chi connectivity index (χ1v) is 13.8. The molecule has 0 radical (unpaired) electrons. The second-order valence-corrected chi connectivity index (χ2v) is 10.7. The normalized spacial score (nSPS) is 21.0. The zero-order chi connectivity index (χ0) is 30.4. The van der Waals surface area contributed by atoms with Crippen molar-refractivity contribution in [1.29, 1.82) is 0 Å². The summed E-state index contributed by atoms with van der Waals surface area (Å²) in [5.41, 5.74) is 0.845. The van der Waals surface area contributed by atoms with Gasteiger partial charge in [0.25, 0.3) is 5.91 Å². The fourth-order valence-electron chi connectivity index (χ4n) is 5.63. The lowest BCUT2D eigenvalue weighted by molar-refractivity contribution is -0.286. The van der Waals surface area contributed by atoms with Gasteiger partial charge in [-0.1, -0.05) is 24.3 Å². The Morgan fingerprint density at radius 1 is 1.00 bits per heavy atom. The van der Waals surface area contributed by atoms with Crippen molar-refractivity contribution < 1.29 is 47.2 Å². The molecule has 3 aromatic rings. The van der Waals surface area contributed by atoms with E-state index in [0.717, 1.165) is 0 Å². The van der Waals surface area contributed by atoms with Gasteiger partial charge in [-0.3, -0.25) is 9.59 Å². The van der Waals surface area contributed by atoms with Crippen LogP contribution >= 0.6 is 0 Å². The summed E-state index contributed by atoms with van der Waals surface area (Å²) in [5, 5.41) is 16.0. The number of nitrogens with one attached hydrogen (secondary N) is 2. The number of alkyl halides is 2. The lowest BCUT2D eigenvalue weighted by Gasteiger charge is -2.34. The summed E-state index contributed by atoms with van der Waals surface area (Å²) in [4.78, 5) is 27.3. The molecule has 0 saturated heterocycles. The molecule has 226 valence electrons. The predicted octanol–water partition coefficient (Wildman–Crippen LogP) is 3.92. The Hall–Kier alpha value is -4.58. The van der Waals surface area contributed by atoms with Gasteiger partial charge in [-0.05, 0) is 48.7 Å². The van der Waals surface area contributed by atoms with E-state index in [-0.39, 0.29) is 30.4 Å². The Bertz CT molecular complexity index is 1560. The molecule has 0 aromatic heterocycles. The molecule has 3 N–H and O–H groups in total. The number of carbonyl (C=O) groups is 2. The highest BCUT2D eigenvalue weighted by Crippen LogP contribution is 2.52. The topological polar surface area (TPSA) is 125 Å². The SMILES string of the molecule is COc1ccc2c(c1)O[C@@H](C(=O)NC(CO)c1ccccc1OC)C[C@@H]2NC(=O)C1(c2ccc3c(c2)OC(F)(F)O3)CC1. The Labute approximate surface area is 245 Å². The molecule has 10 nitrogen and oxygen atoms in total. The van der Waals surface area contributed by atoms with E-state index in [2.05, 4.69) is 20.1 Å². The van der Waals surface area contributed by atoms with Crippen molar-refractivity contribution in [3.05, 3.63) is 77.4 Å². The zero-order valence-electron chi connectivity index (χ0n) is 23.4. The van der Waals surface area contributed by atoms with E-state index in [9.17, 15) is 23.5 Å². The van der Waals surface area contributed by atoms with E-state index in [1.165, 1.54) is 26.4 Å². The molecule has 1 saturated carbocycles. The van der Waals surface area contributed by atoms with Crippen molar-refractivity contribution >= 4 is 11.8 Å². The van der Waals surface area contributed by atoms with Crippen LogP contribution in [0.15, 0.2) is 60.7 Å². The summed E-state index contributed by atoms with van der Waals surface area (Å²) in [6.07, 6.45) is -3.66. The molecular weight excluding hydrogens is 566 g/mol. The van der Waals surface area contributed by atoms with Gasteiger partial charge in [-0.25, -0.2) is 0 Å². The number of ether oxygens (including phenoxy) is 5. The molecule has 0 spiro atoms. The van der Waals surface area contributed by atoms with Gasteiger partial charge in [0, 0.05) is 23.6 Å². The molecule has 6 rings (SSSR count). The Morgan fingerprint density at radius 3 is 2.49 bits per heavy atom. The van der Waals surface area contributed by atoms with Gasteiger partial charge in [0.15, 0.2) is 17.6 Å². The highest BCUT2D eigenvalue weighted by molar-refractivity contribution is 5.92. The van der Waals surface area contributed by atoms with Crippen LogP contribution in [0.4, 0.5) is 8.78 Å². The minimum Gasteiger partial charge on any atom is -0.497 e. The number of rotatable bonds is 9. The lowest BCUT2D eigenvalue weighted by atomic mass is 9.91. The summed E-state index contributed by atoms with van der Waals surface area (Å²) in [6, 6.07) is 15.2. The first-order valence-electron chi connectivity index (χ1n) is 13.8. The first-order chi connectivity index (χ1) is 20.7. The summed E-state index contributed by atoms with van der Waals surface area (Å²) in [7, 11) is 3.01. The number of carbonyl (C=O) groups excluding carboxylic acids is 2. The smallest absolute Gasteiger partial charge is 0.497 e. The molecule has 1 fully saturated rings. The third kappa shape index (κ3) is 5.38. The lowest BCUT2D eigenvalue weighted by Crippen LogP contribution is -2.47. The number of para-hydroxylation sites is 1. The molecule has 1 unspecified atom stereocenters. The van der Waals surface area contributed by atoms with Gasteiger partial charge in [0.2, 0.25) is 5.91 Å². The quantitative estimate of drug-likeness (QED) is 0.340. The number of amides is 2. The maximum Gasteiger partial charge on any atom is 0.586 e. The van der Waals surface area contributed by atoms with Gasteiger partial charge in [0.05, 0.1) is 38.3 Å². The van der Waals surface area contributed by atoms with Crippen LogP contribution in [-0.4, -0.2) is 50.1 Å². The maximum atomic E-state index is 13.8. The van der Waals surface area contributed by atoms with Crippen molar-refractivity contribution in [3.63, 3.8) is 0 Å². The van der Waals surface area contributed by atoms with E-state index >= 15 is 0 Å². The minimum absolute atomic E-state index is 0.0968. The van der Waals surface area contributed by atoms with Crippen molar-refractivity contribution in [2.24, 2.45) is 0 Å². The molecule has 3 atom stereocenters. The molecule has 0 bridgehead atoms. The predicted molar refractivity (Wildman–Crippen MR) is 147 cm³/mol. The standard InChI is InChI=1S/C31H30F2N2O8/c1-39-18-8-9-20-21(35-29(38)30(11-12-30)17-7-10-24-26(13-17)43-31(32,33)42-24)15-27(41-25(20)14-18)28(37)34-22(16-36)19-5-3-4-6-23(19)40-2/h3-10,13-14,21-22,27,36H,11-12,15-16H2,1-2H3,(H,34,37)(H,35,38)/t21-,22?,27+/m0/s1. The third-order valence-corrected chi connectivity index (χ3v) is 8.06. The number of aliphatic hydroxyl groups is 1. The third-order valence-electron chi connectivity index (χ3n) is 8.06. The first kappa shape index (κ1) is 28.5. The van der Waals surface area contributed by atoms with Gasteiger partial charge in [-0.2, -0.15) is 0 Å². The fourth-order valence-corrected chi connectivity index (χ4v) is 5.63. The van der Waals surface area contributed by atoms with E-state index < -0.39 is 35.8 Å². The summed E-state index contributed by atoms with van der Waals surface area (Å²) < 4.78 is 53.1. The Kier molecular flexibility index (Phi) is 7.25. The molecule has 3 aliphatic rings. The fraction of sp³-hybridized carbons (Fsp3) is 0.355. The number of halogens is 2. The van der Waals surface area contributed by atoms with Gasteiger partial charge in [0.1, 0.15) is 17.2 Å².